The van der Waals surface area contributed by atoms with E-state index < -0.39 is 60.2 Å². The van der Waals surface area contributed by atoms with Gasteiger partial charge in [-0.3, -0.25) is 19.2 Å². The standard InChI is InChI=1S/C22H43N7O7/c23-10-4-1-7-14(26)19(32)27-15(8-2-5-11-24)20(33)28-16(9-3-6-12-25)21(34)29-17(22(35)36)13-18(30)31/h14-17H,1-13,23-26H2,(H,27,32)(H,28,33)(H,29,34)(H,30,31)(H,35,36). The number of carbonyl (C=O) groups excluding carboxylic acids is 3. The van der Waals surface area contributed by atoms with Gasteiger partial charge in [0, 0.05) is 0 Å². The van der Waals surface area contributed by atoms with Crippen molar-refractivity contribution in [1.29, 1.82) is 0 Å². The smallest absolute Gasteiger partial charge is 0.326 e. The number of aliphatic carboxylic acids is 2. The summed E-state index contributed by atoms with van der Waals surface area (Å²) in [5.74, 6) is -4.94. The van der Waals surface area contributed by atoms with Crippen LogP contribution in [0.1, 0.15) is 64.2 Å². The second-order valence-corrected chi connectivity index (χ2v) is 8.58. The minimum absolute atomic E-state index is 0.135. The van der Waals surface area contributed by atoms with E-state index >= 15 is 0 Å². The number of carboxylic acids is 2. The molecule has 0 bridgehead atoms. The van der Waals surface area contributed by atoms with Gasteiger partial charge in [0.2, 0.25) is 17.7 Å². The Morgan fingerprint density at radius 2 is 0.972 bits per heavy atom. The Balaban J connectivity index is 5.48. The molecule has 0 aliphatic heterocycles. The van der Waals surface area contributed by atoms with Crippen LogP contribution in [0.3, 0.4) is 0 Å². The first-order valence-electron chi connectivity index (χ1n) is 12.3. The zero-order valence-corrected chi connectivity index (χ0v) is 20.7. The quantitative estimate of drug-likeness (QED) is 0.0731. The molecule has 0 fully saturated rings. The van der Waals surface area contributed by atoms with Crippen molar-refractivity contribution in [3.05, 3.63) is 0 Å². The first-order valence-corrected chi connectivity index (χ1v) is 12.3. The van der Waals surface area contributed by atoms with Gasteiger partial charge in [0.1, 0.15) is 18.1 Å². The molecule has 0 heterocycles. The first kappa shape index (κ1) is 33.2. The van der Waals surface area contributed by atoms with Crippen molar-refractivity contribution < 1.29 is 34.2 Å². The number of carboxylic acid groups (broad SMARTS) is 2. The molecule has 14 heteroatoms. The van der Waals surface area contributed by atoms with E-state index in [-0.39, 0.29) is 12.8 Å². The van der Waals surface area contributed by atoms with Gasteiger partial charge in [-0.25, -0.2) is 4.79 Å². The molecule has 0 aromatic carbocycles. The Hall–Kier alpha value is -2.81. The average molecular weight is 518 g/mol. The van der Waals surface area contributed by atoms with E-state index in [2.05, 4.69) is 16.0 Å². The van der Waals surface area contributed by atoms with Crippen LogP contribution < -0.4 is 38.9 Å². The van der Waals surface area contributed by atoms with E-state index in [4.69, 9.17) is 28.0 Å². The van der Waals surface area contributed by atoms with Crippen LogP contribution in [-0.4, -0.2) is 83.7 Å². The molecule has 0 saturated carbocycles. The first-order chi connectivity index (χ1) is 17.1. The van der Waals surface area contributed by atoms with Crippen LogP contribution in [0, 0.1) is 0 Å². The van der Waals surface area contributed by atoms with Crippen molar-refractivity contribution in [3.63, 3.8) is 0 Å². The zero-order chi connectivity index (χ0) is 27.5. The third-order valence-corrected chi connectivity index (χ3v) is 5.46. The predicted octanol–water partition coefficient (Wildman–Crippen LogP) is -2.29. The van der Waals surface area contributed by atoms with Crippen LogP contribution >= 0.6 is 0 Å². The number of carbonyl (C=O) groups is 5. The van der Waals surface area contributed by atoms with Crippen LogP contribution in [0.25, 0.3) is 0 Å². The van der Waals surface area contributed by atoms with Crippen molar-refractivity contribution in [3.8, 4) is 0 Å². The summed E-state index contributed by atoms with van der Waals surface area (Å²) in [5.41, 5.74) is 22.4. The molecule has 4 atom stereocenters. The van der Waals surface area contributed by atoms with Gasteiger partial charge in [0.05, 0.1) is 12.5 Å². The maximum Gasteiger partial charge on any atom is 0.326 e. The highest BCUT2D eigenvalue weighted by molar-refractivity contribution is 5.94. The summed E-state index contributed by atoms with van der Waals surface area (Å²) in [7, 11) is 0. The molecule has 13 N–H and O–H groups in total. The summed E-state index contributed by atoms with van der Waals surface area (Å²) in [4.78, 5) is 60.7. The molecule has 0 radical (unpaired) electrons. The second-order valence-electron chi connectivity index (χ2n) is 8.58. The van der Waals surface area contributed by atoms with E-state index in [1.165, 1.54) is 0 Å². The Morgan fingerprint density at radius 1 is 0.583 bits per heavy atom. The minimum atomic E-state index is -1.67. The highest BCUT2D eigenvalue weighted by Gasteiger charge is 2.30. The molecule has 36 heavy (non-hydrogen) atoms. The number of nitrogens with one attached hydrogen (secondary N) is 3. The Bertz CT molecular complexity index is 708. The lowest BCUT2D eigenvalue weighted by molar-refractivity contribution is -0.147. The summed E-state index contributed by atoms with van der Waals surface area (Å²) >= 11 is 0. The van der Waals surface area contributed by atoms with E-state index in [1.54, 1.807) is 0 Å². The number of nitrogens with two attached hydrogens (primary N) is 4. The van der Waals surface area contributed by atoms with Gasteiger partial charge in [-0.1, -0.05) is 6.42 Å². The van der Waals surface area contributed by atoms with Crippen LogP contribution in [-0.2, 0) is 24.0 Å². The maximum absolute atomic E-state index is 13.1. The number of hydrogen-bond donors (Lipinski definition) is 9. The monoisotopic (exact) mass is 517 g/mol. The van der Waals surface area contributed by atoms with Gasteiger partial charge in [-0.2, -0.15) is 0 Å². The highest BCUT2D eigenvalue weighted by atomic mass is 16.4. The van der Waals surface area contributed by atoms with Crippen LogP contribution in [0.4, 0.5) is 0 Å². The SMILES string of the molecule is NCCCCC(N)C(=O)NC(CCCCN)C(=O)NC(CCCCN)C(=O)NC(CC(=O)O)C(=O)O. The fraction of sp³-hybridized carbons (Fsp3) is 0.773. The summed E-state index contributed by atoms with van der Waals surface area (Å²) in [5, 5.41) is 25.5. The van der Waals surface area contributed by atoms with Crippen molar-refractivity contribution in [1.82, 2.24) is 16.0 Å². The number of unbranched alkanes of at least 4 members (excludes halogenated alkanes) is 3. The maximum atomic E-state index is 13.1. The summed E-state index contributed by atoms with van der Waals surface area (Å²) in [6.45, 7) is 1.21. The summed E-state index contributed by atoms with van der Waals surface area (Å²) < 4.78 is 0. The molecule has 0 aliphatic carbocycles. The molecule has 4 unspecified atom stereocenters. The van der Waals surface area contributed by atoms with Gasteiger partial charge in [-0.05, 0) is 71.0 Å². The molecule has 208 valence electrons. The highest BCUT2D eigenvalue weighted by Crippen LogP contribution is 2.07. The van der Waals surface area contributed by atoms with Gasteiger partial charge < -0.3 is 49.1 Å². The van der Waals surface area contributed by atoms with E-state index in [0.29, 0.717) is 64.6 Å². The molecular formula is C22H43N7O7. The predicted molar refractivity (Wildman–Crippen MR) is 132 cm³/mol. The average Bonchev–Trinajstić information content (AvgIpc) is 2.81. The number of amides is 3. The Morgan fingerprint density at radius 3 is 1.36 bits per heavy atom. The van der Waals surface area contributed by atoms with E-state index in [9.17, 15) is 29.1 Å². The van der Waals surface area contributed by atoms with Gasteiger partial charge in [-0.15, -0.1) is 0 Å². The van der Waals surface area contributed by atoms with Crippen LogP contribution in [0.5, 0.6) is 0 Å². The lowest BCUT2D eigenvalue weighted by atomic mass is 10.0. The molecule has 14 nitrogen and oxygen atoms in total. The van der Waals surface area contributed by atoms with Crippen LogP contribution in [0.2, 0.25) is 0 Å². The number of hydrogen-bond acceptors (Lipinski definition) is 9. The molecule has 0 rings (SSSR count). The molecular weight excluding hydrogens is 474 g/mol. The van der Waals surface area contributed by atoms with Gasteiger partial charge in [0.25, 0.3) is 0 Å². The molecule has 0 aromatic heterocycles. The molecule has 0 aliphatic rings. The molecule has 0 saturated heterocycles. The van der Waals surface area contributed by atoms with Gasteiger partial charge >= 0.3 is 11.9 Å². The van der Waals surface area contributed by atoms with Crippen LogP contribution in [0.15, 0.2) is 0 Å². The Kier molecular flexibility index (Phi) is 17.9. The lowest BCUT2D eigenvalue weighted by Gasteiger charge is -2.25. The lowest BCUT2D eigenvalue weighted by Crippen LogP contribution is -2.57. The van der Waals surface area contributed by atoms with Crippen molar-refractivity contribution in [2.45, 2.75) is 88.4 Å². The fourth-order valence-corrected chi connectivity index (χ4v) is 3.36. The summed E-state index contributed by atoms with van der Waals surface area (Å²) in [6, 6.07) is -4.66. The minimum Gasteiger partial charge on any atom is -0.481 e. The summed E-state index contributed by atoms with van der Waals surface area (Å²) in [6.07, 6.45) is 3.44. The molecule has 0 spiro atoms. The van der Waals surface area contributed by atoms with Crippen molar-refractivity contribution in [2.24, 2.45) is 22.9 Å². The normalized spacial score (nSPS) is 14.2. The van der Waals surface area contributed by atoms with Crippen molar-refractivity contribution >= 4 is 29.7 Å². The fourth-order valence-electron chi connectivity index (χ4n) is 3.36. The third kappa shape index (κ3) is 14.6. The molecule has 0 aromatic rings. The van der Waals surface area contributed by atoms with Crippen molar-refractivity contribution in [2.75, 3.05) is 19.6 Å². The third-order valence-electron chi connectivity index (χ3n) is 5.46. The van der Waals surface area contributed by atoms with E-state index in [0.717, 1.165) is 0 Å². The Labute approximate surface area is 211 Å². The zero-order valence-electron chi connectivity index (χ0n) is 20.7. The molecule has 3 amide bonds. The number of rotatable bonds is 21. The van der Waals surface area contributed by atoms with E-state index in [1.807, 2.05) is 0 Å². The second kappa shape index (κ2) is 19.4. The largest absolute Gasteiger partial charge is 0.481 e. The topological polar surface area (TPSA) is 266 Å². The van der Waals surface area contributed by atoms with Gasteiger partial charge in [0.15, 0.2) is 0 Å².